The van der Waals surface area contributed by atoms with E-state index >= 15 is 0 Å². The van der Waals surface area contributed by atoms with Crippen molar-refractivity contribution in [2.24, 2.45) is 7.05 Å². The summed E-state index contributed by atoms with van der Waals surface area (Å²) in [6.45, 7) is 0. The van der Waals surface area contributed by atoms with Crippen LogP contribution < -0.4 is 15.2 Å². The van der Waals surface area contributed by atoms with E-state index in [0.717, 1.165) is 0 Å². The average Bonchev–Trinajstić information content (AvgIpc) is 3.28. The highest BCUT2D eigenvalue weighted by atomic mass is 35.5. The van der Waals surface area contributed by atoms with E-state index in [9.17, 15) is 4.79 Å². The Morgan fingerprint density at radius 1 is 1.07 bits per heavy atom. The van der Waals surface area contributed by atoms with Gasteiger partial charge in [0.15, 0.2) is 5.75 Å². The maximum absolute atomic E-state index is 12.4. The second-order valence-electron chi connectivity index (χ2n) is 5.68. The number of aromatic nitrogens is 5. The van der Waals surface area contributed by atoms with Crippen molar-refractivity contribution in [1.82, 2.24) is 24.5 Å². The van der Waals surface area contributed by atoms with Gasteiger partial charge in [-0.05, 0) is 36.4 Å². The second-order valence-corrected chi connectivity index (χ2v) is 6.11. The van der Waals surface area contributed by atoms with Gasteiger partial charge in [-0.15, -0.1) is 10.2 Å². The molecule has 4 aromatic rings. The van der Waals surface area contributed by atoms with Crippen LogP contribution in [0.15, 0.2) is 57.7 Å². The molecule has 28 heavy (non-hydrogen) atoms. The Labute approximate surface area is 163 Å². The van der Waals surface area contributed by atoms with Crippen molar-refractivity contribution in [3.63, 3.8) is 0 Å². The number of ether oxygens (including phenoxy) is 2. The number of halogens is 1. The maximum atomic E-state index is 12.4. The van der Waals surface area contributed by atoms with Crippen LogP contribution >= 0.6 is 11.6 Å². The van der Waals surface area contributed by atoms with Crippen molar-refractivity contribution in [2.45, 2.75) is 0 Å². The quantitative estimate of drug-likeness (QED) is 0.508. The molecule has 0 N–H and O–H groups in total. The van der Waals surface area contributed by atoms with Crippen molar-refractivity contribution >= 4 is 11.6 Å². The minimum absolute atomic E-state index is 0.0756. The van der Waals surface area contributed by atoms with E-state index in [4.69, 9.17) is 25.5 Å². The van der Waals surface area contributed by atoms with Gasteiger partial charge >= 0.3 is 17.8 Å². The lowest BCUT2D eigenvalue weighted by molar-refractivity contribution is 0.331. The predicted octanol–water partition coefficient (Wildman–Crippen LogP) is 3.08. The van der Waals surface area contributed by atoms with Crippen molar-refractivity contribution in [1.29, 1.82) is 0 Å². The third-order valence-electron chi connectivity index (χ3n) is 3.88. The first-order valence-corrected chi connectivity index (χ1v) is 8.51. The SMILES string of the molecule is COc1nn(C)c(=O)n1-c1ccccc1Oc1nnc(-c2ccc(Cl)cc2)o1. The van der Waals surface area contributed by atoms with Crippen LogP contribution in [0.2, 0.25) is 5.02 Å². The molecule has 0 aliphatic carbocycles. The molecule has 0 spiro atoms. The van der Waals surface area contributed by atoms with Gasteiger partial charge in [0, 0.05) is 17.6 Å². The molecule has 2 aromatic heterocycles. The zero-order valence-corrected chi connectivity index (χ0v) is 15.6. The minimum atomic E-state index is -0.389. The standard InChI is InChI=1S/C18H14ClN5O4/c1-23-18(25)24(16(22-23)26-2)13-5-3-4-6-14(13)27-17-21-20-15(28-17)11-7-9-12(19)10-8-11/h3-10H,1-2H3. The molecule has 0 aliphatic heterocycles. The summed E-state index contributed by atoms with van der Waals surface area (Å²) in [6, 6.07) is 13.9. The van der Waals surface area contributed by atoms with Gasteiger partial charge in [-0.25, -0.2) is 14.0 Å². The molecule has 0 atom stereocenters. The molecule has 2 aromatic carbocycles. The predicted molar refractivity (Wildman–Crippen MR) is 100 cm³/mol. The summed E-state index contributed by atoms with van der Waals surface area (Å²) in [5.74, 6) is 0.600. The Kier molecular flexibility index (Phi) is 4.58. The third-order valence-corrected chi connectivity index (χ3v) is 4.13. The van der Waals surface area contributed by atoms with Gasteiger partial charge < -0.3 is 13.9 Å². The topological polar surface area (TPSA) is 97.2 Å². The zero-order chi connectivity index (χ0) is 19.7. The highest BCUT2D eigenvalue weighted by molar-refractivity contribution is 6.30. The number of aryl methyl sites for hydroxylation is 1. The van der Waals surface area contributed by atoms with Crippen LogP contribution in [-0.4, -0.2) is 31.7 Å². The van der Waals surface area contributed by atoms with E-state index in [2.05, 4.69) is 15.3 Å². The van der Waals surface area contributed by atoms with Crippen molar-refractivity contribution in [3.8, 4) is 35.0 Å². The highest BCUT2D eigenvalue weighted by Crippen LogP contribution is 2.30. The first-order valence-electron chi connectivity index (χ1n) is 8.13. The monoisotopic (exact) mass is 399 g/mol. The molecular weight excluding hydrogens is 386 g/mol. The maximum Gasteiger partial charge on any atom is 0.420 e. The third kappa shape index (κ3) is 3.23. The van der Waals surface area contributed by atoms with Crippen LogP contribution in [0.5, 0.6) is 17.8 Å². The Morgan fingerprint density at radius 2 is 1.82 bits per heavy atom. The van der Waals surface area contributed by atoms with E-state index in [0.29, 0.717) is 22.0 Å². The number of benzene rings is 2. The van der Waals surface area contributed by atoms with Gasteiger partial charge in [0.25, 0.3) is 5.89 Å². The summed E-state index contributed by atoms with van der Waals surface area (Å²) in [7, 11) is 2.96. The summed E-state index contributed by atoms with van der Waals surface area (Å²) < 4.78 is 18.9. The summed E-state index contributed by atoms with van der Waals surface area (Å²) in [5.41, 5.74) is 0.731. The van der Waals surface area contributed by atoms with Gasteiger partial charge in [-0.2, -0.15) is 0 Å². The van der Waals surface area contributed by atoms with Crippen LogP contribution in [0.25, 0.3) is 17.1 Å². The molecule has 10 heteroatoms. The summed E-state index contributed by atoms with van der Waals surface area (Å²) in [5, 5.41) is 12.5. The van der Waals surface area contributed by atoms with Crippen LogP contribution in [-0.2, 0) is 7.05 Å². The van der Waals surface area contributed by atoms with E-state index in [1.165, 1.54) is 23.4 Å². The molecule has 2 heterocycles. The molecule has 0 fully saturated rings. The van der Waals surface area contributed by atoms with Crippen LogP contribution in [0.1, 0.15) is 0 Å². The molecule has 142 valence electrons. The van der Waals surface area contributed by atoms with E-state index in [-0.39, 0.29) is 23.7 Å². The van der Waals surface area contributed by atoms with Crippen molar-refractivity contribution in [3.05, 3.63) is 64.0 Å². The Morgan fingerprint density at radius 3 is 2.57 bits per heavy atom. The summed E-state index contributed by atoms with van der Waals surface area (Å²) >= 11 is 5.89. The van der Waals surface area contributed by atoms with Gasteiger partial charge in [-0.3, -0.25) is 0 Å². The summed E-state index contributed by atoms with van der Waals surface area (Å²) in [4.78, 5) is 12.4. The number of rotatable bonds is 5. The van der Waals surface area contributed by atoms with Crippen molar-refractivity contribution in [2.75, 3.05) is 7.11 Å². The molecule has 0 aliphatic rings. The molecule has 0 saturated heterocycles. The molecule has 0 amide bonds. The molecule has 0 radical (unpaired) electrons. The largest absolute Gasteiger partial charge is 0.467 e. The van der Waals surface area contributed by atoms with E-state index in [1.807, 2.05) is 0 Å². The van der Waals surface area contributed by atoms with Crippen LogP contribution in [0.4, 0.5) is 0 Å². The lowest BCUT2D eigenvalue weighted by atomic mass is 10.2. The lowest BCUT2D eigenvalue weighted by Gasteiger charge is -2.09. The Bertz CT molecular complexity index is 1180. The van der Waals surface area contributed by atoms with Crippen molar-refractivity contribution < 1.29 is 13.9 Å². The van der Waals surface area contributed by atoms with Crippen LogP contribution in [0.3, 0.4) is 0 Å². The second kappa shape index (κ2) is 7.20. The number of nitrogens with zero attached hydrogens (tertiary/aromatic N) is 5. The van der Waals surface area contributed by atoms with Gasteiger partial charge in [-0.1, -0.05) is 28.8 Å². The fourth-order valence-corrected chi connectivity index (χ4v) is 2.69. The van der Waals surface area contributed by atoms with Crippen LogP contribution in [0, 0.1) is 0 Å². The molecular formula is C18H14ClN5O4. The molecule has 0 saturated carbocycles. The fraction of sp³-hybridized carbons (Fsp3) is 0.111. The Hall–Kier alpha value is -3.59. The van der Waals surface area contributed by atoms with E-state index in [1.54, 1.807) is 48.5 Å². The van der Waals surface area contributed by atoms with Gasteiger partial charge in [0.05, 0.1) is 12.8 Å². The first-order chi connectivity index (χ1) is 13.6. The molecule has 4 rings (SSSR count). The highest BCUT2D eigenvalue weighted by Gasteiger charge is 2.19. The minimum Gasteiger partial charge on any atom is -0.467 e. The number of para-hydroxylation sites is 2. The average molecular weight is 400 g/mol. The smallest absolute Gasteiger partial charge is 0.420 e. The fourth-order valence-electron chi connectivity index (χ4n) is 2.56. The molecule has 9 nitrogen and oxygen atoms in total. The zero-order valence-electron chi connectivity index (χ0n) is 14.9. The lowest BCUT2D eigenvalue weighted by Crippen LogP contribution is -2.22. The van der Waals surface area contributed by atoms with Gasteiger partial charge in [0.1, 0.15) is 0 Å². The molecule has 0 unspecified atom stereocenters. The normalized spacial score (nSPS) is 10.8. The first kappa shape index (κ1) is 17.8. The summed E-state index contributed by atoms with van der Waals surface area (Å²) in [6.07, 6.45) is -0.0756. The molecule has 0 bridgehead atoms. The van der Waals surface area contributed by atoms with E-state index < -0.39 is 0 Å². The number of methoxy groups -OCH3 is 1. The number of hydrogen-bond acceptors (Lipinski definition) is 7. The Balaban J connectivity index is 1.69. The van der Waals surface area contributed by atoms with Gasteiger partial charge in [0.2, 0.25) is 0 Å². The number of hydrogen-bond donors (Lipinski definition) is 0.